The Balaban J connectivity index is 2.35. The number of hydrogen-bond acceptors (Lipinski definition) is 2. The first-order chi connectivity index (χ1) is 7.81. The third-order valence-corrected chi connectivity index (χ3v) is 2.81. The van der Waals surface area contributed by atoms with Crippen LogP contribution in [-0.4, -0.2) is 13.1 Å². The Morgan fingerprint density at radius 1 is 1.19 bits per heavy atom. The first kappa shape index (κ1) is 10.8. The normalized spacial score (nSPS) is 15.6. The smallest absolute Gasteiger partial charge is 0.123 e. The molecule has 0 aliphatic carbocycles. The van der Waals surface area contributed by atoms with Crippen molar-refractivity contribution in [1.29, 1.82) is 5.26 Å². The van der Waals surface area contributed by atoms with Gasteiger partial charge in [0.1, 0.15) is 5.82 Å². The summed E-state index contributed by atoms with van der Waals surface area (Å²) in [6.45, 7) is 1.84. The maximum absolute atomic E-state index is 12.8. The second-order valence-electron chi connectivity index (χ2n) is 3.85. The van der Waals surface area contributed by atoms with Gasteiger partial charge in [-0.2, -0.15) is 5.26 Å². The van der Waals surface area contributed by atoms with Gasteiger partial charge in [0.15, 0.2) is 0 Å². The summed E-state index contributed by atoms with van der Waals surface area (Å²) in [7, 11) is 0. The molecule has 0 radical (unpaired) electrons. The Bertz CT molecular complexity index is 432. The Morgan fingerprint density at radius 2 is 1.81 bits per heavy atom. The van der Waals surface area contributed by atoms with Crippen LogP contribution in [0.1, 0.15) is 18.4 Å². The summed E-state index contributed by atoms with van der Waals surface area (Å²) in [5, 5.41) is 12.4. The quantitative estimate of drug-likeness (QED) is 0.732. The van der Waals surface area contributed by atoms with Crippen molar-refractivity contribution in [2.75, 3.05) is 13.1 Å². The van der Waals surface area contributed by atoms with Crippen LogP contribution in [0.2, 0.25) is 0 Å². The molecule has 0 atom stereocenters. The predicted molar refractivity (Wildman–Crippen MR) is 61.0 cm³/mol. The summed E-state index contributed by atoms with van der Waals surface area (Å²) >= 11 is 0. The van der Waals surface area contributed by atoms with E-state index in [0.717, 1.165) is 31.5 Å². The molecular formula is C13H13FN2. The Hall–Kier alpha value is -1.66. The maximum atomic E-state index is 12.8. The molecule has 1 saturated heterocycles. The molecule has 0 aromatic heterocycles. The zero-order valence-corrected chi connectivity index (χ0v) is 8.96. The Morgan fingerprint density at radius 3 is 2.38 bits per heavy atom. The average molecular weight is 216 g/mol. The lowest BCUT2D eigenvalue weighted by Gasteiger charge is -2.17. The molecule has 2 rings (SSSR count). The van der Waals surface area contributed by atoms with E-state index in [1.807, 2.05) is 0 Å². The van der Waals surface area contributed by atoms with E-state index in [-0.39, 0.29) is 5.82 Å². The predicted octanol–water partition coefficient (Wildman–Crippen LogP) is 2.49. The standard InChI is InChI=1S/C13H13FN2/c14-12-3-1-10(2-4-12)13(9-15)11-5-7-16-8-6-11/h1-4,16H,5-8H2. The summed E-state index contributed by atoms with van der Waals surface area (Å²) in [4.78, 5) is 0. The van der Waals surface area contributed by atoms with Gasteiger partial charge in [-0.15, -0.1) is 0 Å². The molecule has 1 fully saturated rings. The molecule has 16 heavy (non-hydrogen) atoms. The van der Waals surface area contributed by atoms with E-state index in [1.165, 1.54) is 17.7 Å². The van der Waals surface area contributed by atoms with E-state index in [1.54, 1.807) is 12.1 Å². The largest absolute Gasteiger partial charge is 0.316 e. The van der Waals surface area contributed by atoms with Gasteiger partial charge >= 0.3 is 0 Å². The summed E-state index contributed by atoms with van der Waals surface area (Å²) in [5.41, 5.74) is 2.70. The van der Waals surface area contributed by atoms with Crippen molar-refractivity contribution in [3.63, 3.8) is 0 Å². The van der Waals surface area contributed by atoms with Crippen LogP contribution in [0.25, 0.3) is 5.57 Å². The Labute approximate surface area is 94.4 Å². The van der Waals surface area contributed by atoms with Crippen LogP contribution in [0, 0.1) is 17.1 Å². The minimum Gasteiger partial charge on any atom is -0.316 e. The fourth-order valence-electron chi connectivity index (χ4n) is 1.94. The molecule has 1 aliphatic rings. The van der Waals surface area contributed by atoms with Crippen molar-refractivity contribution >= 4 is 5.57 Å². The summed E-state index contributed by atoms with van der Waals surface area (Å²) < 4.78 is 12.8. The highest BCUT2D eigenvalue weighted by Gasteiger charge is 2.12. The zero-order valence-electron chi connectivity index (χ0n) is 8.96. The number of hydrogen-bond donors (Lipinski definition) is 1. The molecule has 2 nitrogen and oxygen atoms in total. The van der Waals surface area contributed by atoms with Crippen LogP contribution in [0.5, 0.6) is 0 Å². The van der Waals surface area contributed by atoms with Gasteiger partial charge in [0.05, 0.1) is 11.6 Å². The number of benzene rings is 1. The lowest BCUT2D eigenvalue weighted by atomic mass is 9.95. The van der Waals surface area contributed by atoms with Gasteiger partial charge in [-0.3, -0.25) is 0 Å². The molecule has 0 amide bonds. The number of allylic oxidation sites excluding steroid dienone is 1. The van der Waals surface area contributed by atoms with Crippen molar-refractivity contribution in [1.82, 2.24) is 5.32 Å². The lowest BCUT2D eigenvalue weighted by Crippen LogP contribution is -2.23. The molecule has 3 heteroatoms. The molecule has 0 unspecified atom stereocenters. The molecule has 0 saturated carbocycles. The number of piperidine rings is 1. The van der Waals surface area contributed by atoms with Crippen molar-refractivity contribution in [2.24, 2.45) is 0 Å². The number of halogens is 1. The third kappa shape index (κ3) is 2.29. The number of rotatable bonds is 1. The second kappa shape index (κ2) is 4.91. The summed E-state index contributed by atoms with van der Waals surface area (Å²) in [6.07, 6.45) is 1.81. The van der Waals surface area contributed by atoms with Gasteiger partial charge in [0, 0.05) is 0 Å². The average Bonchev–Trinajstić information content (AvgIpc) is 2.34. The highest BCUT2D eigenvalue weighted by molar-refractivity contribution is 5.79. The van der Waals surface area contributed by atoms with Crippen LogP contribution in [0.3, 0.4) is 0 Å². The molecule has 0 bridgehead atoms. The SMILES string of the molecule is N#CC(=C1CCNCC1)c1ccc(F)cc1. The molecule has 82 valence electrons. The van der Waals surface area contributed by atoms with Gasteiger partial charge < -0.3 is 5.32 Å². The van der Waals surface area contributed by atoms with Gasteiger partial charge in [-0.05, 0) is 49.2 Å². The maximum Gasteiger partial charge on any atom is 0.123 e. The van der Waals surface area contributed by atoms with Crippen molar-refractivity contribution in [3.05, 3.63) is 41.2 Å². The number of nitrogens with zero attached hydrogens (tertiary/aromatic N) is 1. The van der Waals surface area contributed by atoms with Gasteiger partial charge in [0.2, 0.25) is 0 Å². The molecule has 1 aromatic carbocycles. The first-order valence-corrected chi connectivity index (χ1v) is 5.40. The van der Waals surface area contributed by atoms with E-state index >= 15 is 0 Å². The molecule has 1 aliphatic heterocycles. The summed E-state index contributed by atoms with van der Waals surface area (Å²) in [5.74, 6) is -0.267. The number of nitriles is 1. The molecule has 1 aromatic rings. The minimum atomic E-state index is -0.267. The van der Waals surface area contributed by atoms with Gasteiger partial charge in [0.25, 0.3) is 0 Å². The van der Waals surface area contributed by atoms with Crippen LogP contribution < -0.4 is 5.32 Å². The molecule has 1 heterocycles. The zero-order chi connectivity index (χ0) is 11.4. The van der Waals surface area contributed by atoms with E-state index in [9.17, 15) is 9.65 Å². The van der Waals surface area contributed by atoms with Crippen molar-refractivity contribution in [2.45, 2.75) is 12.8 Å². The van der Waals surface area contributed by atoms with E-state index in [2.05, 4.69) is 11.4 Å². The van der Waals surface area contributed by atoms with Gasteiger partial charge in [-0.1, -0.05) is 12.1 Å². The molecular weight excluding hydrogens is 203 g/mol. The van der Waals surface area contributed by atoms with Crippen molar-refractivity contribution < 1.29 is 4.39 Å². The second-order valence-corrected chi connectivity index (χ2v) is 3.85. The highest BCUT2D eigenvalue weighted by Crippen LogP contribution is 2.24. The fraction of sp³-hybridized carbons (Fsp3) is 0.308. The Kier molecular flexibility index (Phi) is 3.33. The highest BCUT2D eigenvalue weighted by atomic mass is 19.1. The fourth-order valence-corrected chi connectivity index (χ4v) is 1.94. The van der Waals surface area contributed by atoms with Crippen LogP contribution >= 0.6 is 0 Å². The van der Waals surface area contributed by atoms with Crippen LogP contribution in [0.15, 0.2) is 29.8 Å². The van der Waals surface area contributed by atoms with Crippen molar-refractivity contribution in [3.8, 4) is 6.07 Å². The minimum absolute atomic E-state index is 0.267. The van der Waals surface area contributed by atoms with E-state index in [4.69, 9.17) is 0 Å². The van der Waals surface area contributed by atoms with Gasteiger partial charge in [-0.25, -0.2) is 4.39 Å². The van der Waals surface area contributed by atoms with Crippen LogP contribution in [-0.2, 0) is 0 Å². The molecule has 1 N–H and O–H groups in total. The topological polar surface area (TPSA) is 35.8 Å². The third-order valence-electron chi connectivity index (χ3n) is 2.81. The van der Waals surface area contributed by atoms with E-state index < -0.39 is 0 Å². The van der Waals surface area contributed by atoms with E-state index in [0.29, 0.717) is 5.57 Å². The molecule has 0 spiro atoms. The van der Waals surface area contributed by atoms with Crippen LogP contribution in [0.4, 0.5) is 4.39 Å². The monoisotopic (exact) mass is 216 g/mol. The lowest BCUT2D eigenvalue weighted by molar-refractivity contribution is 0.612. The number of nitrogens with one attached hydrogen (secondary N) is 1. The summed E-state index contributed by atoms with van der Waals surface area (Å²) in [6, 6.07) is 8.37. The first-order valence-electron chi connectivity index (χ1n) is 5.40.